The van der Waals surface area contributed by atoms with Crippen molar-refractivity contribution in [3.05, 3.63) is 0 Å². The van der Waals surface area contributed by atoms with Gasteiger partial charge in [-0.2, -0.15) is 5.26 Å². The first-order chi connectivity index (χ1) is 7.13. The molecule has 0 bridgehead atoms. The number of rotatable bonds is 3. The lowest BCUT2D eigenvalue weighted by atomic mass is 9.92. The van der Waals surface area contributed by atoms with E-state index in [4.69, 9.17) is 0 Å². The van der Waals surface area contributed by atoms with Gasteiger partial charge in [0.2, 0.25) is 0 Å². The zero-order valence-electron chi connectivity index (χ0n) is 10.2. The first-order valence-electron chi connectivity index (χ1n) is 6.04. The summed E-state index contributed by atoms with van der Waals surface area (Å²) in [6, 6.07) is 3.08. The predicted molar refractivity (Wildman–Crippen MR) is 62.6 cm³/mol. The summed E-state index contributed by atoms with van der Waals surface area (Å²) in [5, 5.41) is 12.7. The highest BCUT2D eigenvalue weighted by Crippen LogP contribution is 2.22. The van der Waals surface area contributed by atoms with E-state index in [9.17, 15) is 5.26 Å². The van der Waals surface area contributed by atoms with Crippen LogP contribution in [0.15, 0.2) is 0 Å². The summed E-state index contributed by atoms with van der Waals surface area (Å²) in [7, 11) is 0. The average Bonchev–Trinajstić information content (AvgIpc) is 2.42. The van der Waals surface area contributed by atoms with Crippen LogP contribution in [0.5, 0.6) is 0 Å². The highest BCUT2D eigenvalue weighted by atomic mass is 15.2. The smallest absolute Gasteiger partial charge is 0.108 e. The van der Waals surface area contributed by atoms with Gasteiger partial charge in [0.05, 0.1) is 6.07 Å². The Hall–Kier alpha value is -0.590. The Labute approximate surface area is 93.5 Å². The first kappa shape index (κ1) is 12.5. The predicted octanol–water partition coefficient (Wildman–Crippen LogP) is 1.75. The second-order valence-electron chi connectivity index (χ2n) is 4.71. The molecule has 3 nitrogen and oxygen atoms in total. The quantitative estimate of drug-likeness (QED) is 0.769. The number of hydrogen-bond donors (Lipinski definition) is 1. The van der Waals surface area contributed by atoms with Crippen molar-refractivity contribution in [2.75, 3.05) is 19.6 Å². The summed E-state index contributed by atoms with van der Waals surface area (Å²) in [5.41, 5.74) is -0.265. The molecule has 0 amide bonds. The van der Waals surface area contributed by atoms with Gasteiger partial charge >= 0.3 is 0 Å². The molecular formula is C12H23N3. The lowest BCUT2D eigenvalue weighted by Gasteiger charge is -2.27. The van der Waals surface area contributed by atoms with Crippen molar-refractivity contribution >= 4 is 0 Å². The summed E-state index contributed by atoms with van der Waals surface area (Å²) in [6.45, 7) is 9.59. The molecule has 1 N–H and O–H groups in total. The lowest BCUT2D eigenvalue weighted by Crippen LogP contribution is -2.44. The van der Waals surface area contributed by atoms with Gasteiger partial charge < -0.3 is 4.90 Å². The standard InChI is InChI=1S/C12H23N3/c1-4-14-12(10-13)6-5-8-15(9-7-12)11(2)3/h11,14H,4-9H2,1-3H3. The molecule has 1 aliphatic heterocycles. The lowest BCUT2D eigenvalue weighted by molar-refractivity contribution is 0.225. The van der Waals surface area contributed by atoms with E-state index in [1.54, 1.807) is 0 Å². The second kappa shape index (κ2) is 5.48. The van der Waals surface area contributed by atoms with Crippen molar-refractivity contribution in [1.29, 1.82) is 5.26 Å². The van der Waals surface area contributed by atoms with E-state index in [0.29, 0.717) is 6.04 Å². The molecule has 1 atom stereocenters. The van der Waals surface area contributed by atoms with Crippen LogP contribution in [0.1, 0.15) is 40.0 Å². The Bertz CT molecular complexity index is 232. The molecule has 0 aliphatic carbocycles. The molecule has 1 aliphatic rings. The van der Waals surface area contributed by atoms with Crippen molar-refractivity contribution < 1.29 is 0 Å². The van der Waals surface area contributed by atoms with Crippen LogP contribution in [0, 0.1) is 11.3 Å². The normalized spacial score (nSPS) is 28.7. The van der Waals surface area contributed by atoms with Gasteiger partial charge in [0.1, 0.15) is 5.54 Å². The van der Waals surface area contributed by atoms with Crippen LogP contribution in [-0.2, 0) is 0 Å². The van der Waals surface area contributed by atoms with Gasteiger partial charge in [-0.1, -0.05) is 6.92 Å². The van der Waals surface area contributed by atoms with Crippen LogP contribution in [0.4, 0.5) is 0 Å². The fraction of sp³-hybridized carbons (Fsp3) is 0.917. The maximum atomic E-state index is 9.29. The molecule has 1 saturated heterocycles. The maximum Gasteiger partial charge on any atom is 0.108 e. The molecule has 1 heterocycles. The fourth-order valence-electron chi connectivity index (χ4n) is 2.34. The zero-order valence-corrected chi connectivity index (χ0v) is 10.2. The number of hydrogen-bond acceptors (Lipinski definition) is 3. The minimum atomic E-state index is -0.265. The SMILES string of the molecule is CCNC1(C#N)CCCN(C(C)C)CC1. The van der Waals surface area contributed by atoms with E-state index in [2.05, 4.69) is 37.1 Å². The van der Waals surface area contributed by atoms with Gasteiger partial charge in [0.15, 0.2) is 0 Å². The fourth-order valence-corrected chi connectivity index (χ4v) is 2.34. The third-order valence-corrected chi connectivity index (χ3v) is 3.33. The van der Waals surface area contributed by atoms with Crippen molar-refractivity contribution in [2.45, 2.75) is 51.6 Å². The topological polar surface area (TPSA) is 39.1 Å². The molecule has 0 radical (unpaired) electrons. The Morgan fingerprint density at radius 3 is 2.67 bits per heavy atom. The van der Waals surface area contributed by atoms with Gasteiger partial charge in [-0.3, -0.25) is 5.32 Å². The van der Waals surface area contributed by atoms with E-state index >= 15 is 0 Å². The van der Waals surface area contributed by atoms with Crippen LogP contribution in [0.2, 0.25) is 0 Å². The van der Waals surface area contributed by atoms with Crippen molar-refractivity contribution in [1.82, 2.24) is 10.2 Å². The van der Waals surface area contributed by atoms with E-state index in [1.807, 2.05) is 0 Å². The second-order valence-corrected chi connectivity index (χ2v) is 4.71. The van der Waals surface area contributed by atoms with E-state index in [1.165, 1.54) is 0 Å². The summed E-state index contributed by atoms with van der Waals surface area (Å²) in [5.74, 6) is 0. The number of nitriles is 1. The molecule has 1 unspecified atom stereocenters. The molecule has 0 spiro atoms. The third-order valence-electron chi connectivity index (χ3n) is 3.33. The van der Waals surface area contributed by atoms with Gasteiger partial charge in [-0.25, -0.2) is 0 Å². The summed E-state index contributed by atoms with van der Waals surface area (Å²) in [4.78, 5) is 2.47. The molecular weight excluding hydrogens is 186 g/mol. The Morgan fingerprint density at radius 2 is 2.13 bits per heavy atom. The van der Waals surface area contributed by atoms with Crippen LogP contribution in [-0.4, -0.2) is 36.1 Å². The molecule has 0 saturated carbocycles. The molecule has 0 aromatic heterocycles. The summed E-state index contributed by atoms with van der Waals surface area (Å²) in [6.07, 6.45) is 3.06. The van der Waals surface area contributed by atoms with E-state index in [-0.39, 0.29) is 5.54 Å². The third kappa shape index (κ3) is 3.19. The van der Waals surface area contributed by atoms with E-state index in [0.717, 1.165) is 38.9 Å². The van der Waals surface area contributed by atoms with Crippen molar-refractivity contribution in [2.24, 2.45) is 0 Å². The zero-order chi connectivity index (χ0) is 11.3. The molecule has 0 aromatic rings. The highest BCUT2D eigenvalue weighted by molar-refractivity contribution is 5.08. The Morgan fingerprint density at radius 1 is 1.40 bits per heavy atom. The average molecular weight is 209 g/mol. The van der Waals surface area contributed by atoms with E-state index < -0.39 is 0 Å². The summed E-state index contributed by atoms with van der Waals surface area (Å²) < 4.78 is 0. The number of nitrogens with one attached hydrogen (secondary N) is 1. The molecule has 0 aromatic carbocycles. The molecule has 1 fully saturated rings. The van der Waals surface area contributed by atoms with Gasteiger partial charge in [0.25, 0.3) is 0 Å². The van der Waals surface area contributed by atoms with Crippen LogP contribution in [0.3, 0.4) is 0 Å². The van der Waals surface area contributed by atoms with Gasteiger partial charge in [0, 0.05) is 12.6 Å². The minimum absolute atomic E-state index is 0.265. The van der Waals surface area contributed by atoms with Crippen LogP contribution >= 0.6 is 0 Å². The number of likely N-dealkylation sites (tertiary alicyclic amines) is 1. The Kier molecular flexibility index (Phi) is 4.56. The van der Waals surface area contributed by atoms with Crippen molar-refractivity contribution in [3.63, 3.8) is 0 Å². The highest BCUT2D eigenvalue weighted by Gasteiger charge is 2.31. The molecule has 1 rings (SSSR count). The monoisotopic (exact) mass is 209 g/mol. The Balaban J connectivity index is 2.61. The van der Waals surface area contributed by atoms with Crippen molar-refractivity contribution in [3.8, 4) is 6.07 Å². The number of nitrogens with zero attached hydrogens (tertiary/aromatic N) is 2. The molecule has 86 valence electrons. The molecule has 15 heavy (non-hydrogen) atoms. The van der Waals surface area contributed by atoms with Crippen LogP contribution < -0.4 is 5.32 Å². The largest absolute Gasteiger partial charge is 0.301 e. The first-order valence-corrected chi connectivity index (χ1v) is 6.04. The minimum Gasteiger partial charge on any atom is -0.301 e. The maximum absolute atomic E-state index is 9.29. The van der Waals surface area contributed by atoms with Crippen LogP contribution in [0.25, 0.3) is 0 Å². The van der Waals surface area contributed by atoms with Gasteiger partial charge in [-0.05, 0) is 46.2 Å². The molecule has 3 heteroatoms. The van der Waals surface area contributed by atoms with Gasteiger partial charge in [-0.15, -0.1) is 0 Å². The summed E-state index contributed by atoms with van der Waals surface area (Å²) >= 11 is 0.